The smallest absolute Gasteiger partial charge is 0.335 e. The molecule has 0 saturated carbocycles. The van der Waals surface area contributed by atoms with Gasteiger partial charge in [0.2, 0.25) is 0 Å². The van der Waals surface area contributed by atoms with Gasteiger partial charge in [-0.1, -0.05) is 6.07 Å². The third-order valence-corrected chi connectivity index (χ3v) is 6.74. The van der Waals surface area contributed by atoms with Crippen LogP contribution in [0.15, 0.2) is 23.1 Å². The summed E-state index contributed by atoms with van der Waals surface area (Å²) < 4.78 is 6.05. The van der Waals surface area contributed by atoms with E-state index in [9.17, 15) is 9.90 Å². The van der Waals surface area contributed by atoms with Crippen molar-refractivity contribution >= 4 is 29.5 Å². The van der Waals surface area contributed by atoms with Crippen LogP contribution >= 0.6 is 23.5 Å². The number of aromatic carboxylic acids is 1. The molecule has 114 valence electrons. The Balaban J connectivity index is 1.71. The molecule has 21 heavy (non-hydrogen) atoms. The van der Waals surface area contributed by atoms with Gasteiger partial charge in [0, 0.05) is 22.5 Å². The second kappa shape index (κ2) is 6.23. The highest BCUT2D eigenvalue weighted by Gasteiger charge is 2.40. The van der Waals surface area contributed by atoms with Crippen molar-refractivity contribution in [1.82, 2.24) is 0 Å². The lowest BCUT2D eigenvalue weighted by atomic mass is 9.93. The summed E-state index contributed by atoms with van der Waals surface area (Å²) >= 11 is 3.80. The fraction of sp³-hybridized carbons (Fsp3) is 0.562. The van der Waals surface area contributed by atoms with Crippen molar-refractivity contribution in [3.8, 4) is 0 Å². The average molecular weight is 324 g/mol. The van der Waals surface area contributed by atoms with Gasteiger partial charge < -0.3 is 9.84 Å². The Morgan fingerprint density at radius 1 is 1.52 bits per heavy atom. The minimum atomic E-state index is -0.842. The van der Waals surface area contributed by atoms with Crippen molar-refractivity contribution in [1.29, 1.82) is 0 Å². The Bertz CT molecular complexity index is 538. The van der Waals surface area contributed by atoms with Crippen molar-refractivity contribution in [3.63, 3.8) is 0 Å². The fourth-order valence-corrected chi connectivity index (χ4v) is 5.74. The second-order valence-corrected chi connectivity index (χ2v) is 8.33. The zero-order chi connectivity index (χ0) is 14.9. The molecule has 2 heterocycles. The van der Waals surface area contributed by atoms with Crippen LogP contribution in [0.2, 0.25) is 0 Å². The molecule has 1 spiro atoms. The number of ether oxygens (including phenoxy) is 1. The molecule has 0 amide bonds. The molecule has 2 unspecified atom stereocenters. The third-order valence-electron chi connectivity index (χ3n) is 4.26. The number of carboxylic acids is 1. The molecule has 0 aromatic heterocycles. The highest BCUT2D eigenvalue weighted by Crippen LogP contribution is 2.43. The highest BCUT2D eigenvalue weighted by molar-refractivity contribution is 8.00. The summed E-state index contributed by atoms with van der Waals surface area (Å²) in [7, 11) is 0. The van der Waals surface area contributed by atoms with Crippen molar-refractivity contribution in [2.24, 2.45) is 0 Å². The molecule has 2 fully saturated rings. The molecule has 2 atom stereocenters. The van der Waals surface area contributed by atoms with Gasteiger partial charge in [-0.2, -0.15) is 11.8 Å². The highest BCUT2D eigenvalue weighted by atomic mass is 32.2. The Morgan fingerprint density at radius 3 is 3.10 bits per heavy atom. The van der Waals surface area contributed by atoms with E-state index in [2.05, 4.69) is 0 Å². The molecule has 1 aromatic rings. The molecule has 3 rings (SSSR count). The number of hydrogen-bond donors (Lipinski definition) is 1. The summed E-state index contributed by atoms with van der Waals surface area (Å²) in [6.45, 7) is 2.67. The van der Waals surface area contributed by atoms with Crippen molar-refractivity contribution in [3.05, 3.63) is 29.3 Å². The lowest BCUT2D eigenvalue weighted by Gasteiger charge is -2.37. The van der Waals surface area contributed by atoms with E-state index in [1.165, 1.54) is 5.75 Å². The van der Waals surface area contributed by atoms with Gasteiger partial charge in [-0.25, -0.2) is 4.79 Å². The van der Waals surface area contributed by atoms with Crippen LogP contribution in [0, 0.1) is 6.92 Å². The molecule has 0 bridgehead atoms. The number of hydrogen-bond acceptors (Lipinski definition) is 4. The summed E-state index contributed by atoms with van der Waals surface area (Å²) in [5, 5.41) is 9.76. The number of carboxylic acid groups (broad SMARTS) is 1. The molecular formula is C16H20O3S2. The summed E-state index contributed by atoms with van der Waals surface area (Å²) in [6, 6.07) is 5.76. The van der Waals surface area contributed by atoms with E-state index in [1.54, 1.807) is 0 Å². The van der Waals surface area contributed by atoms with Crippen molar-refractivity contribution in [2.45, 2.75) is 41.9 Å². The number of carbonyl (C=O) groups is 1. The standard InChI is InChI=1S/C16H20O3S2/c1-11-2-3-12(8-14(11)15(17)18)21-13-4-6-19-16(9-13)5-7-20-10-16/h2-3,8,13H,4-7,9-10H2,1H3,(H,17,18). The van der Waals surface area contributed by atoms with Crippen LogP contribution in [-0.4, -0.2) is 40.0 Å². The molecule has 0 radical (unpaired) electrons. The summed E-state index contributed by atoms with van der Waals surface area (Å²) in [5.41, 5.74) is 1.32. The summed E-state index contributed by atoms with van der Waals surface area (Å²) in [4.78, 5) is 12.3. The van der Waals surface area contributed by atoms with Crippen LogP contribution in [-0.2, 0) is 4.74 Å². The predicted octanol–water partition coefficient (Wildman–Crippen LogP) is 3.84. The maximum Gasteiger partial charge on any atom is 0.335 e. The molecule has 2 aliphatic heterocycles. The first-order chi connectivity index (χ1) is 10.1. The van der Waals surface area contributed by atoms with Crippen LogP contribution in [0.25, 0.3) is 0 Å². The Morgan fingerprint density at radius 2 is 2.38 bits per heavy atom. The molecule has 5 heteroatoms. The maximum absolute atomic E-state index is 11.2. The van der Waals surface area contributed by atoms with Gasteiger partial charge in [0.05, 0.1) is 11.2 Å². The van der Waals surface area contributed by atoms with Crippen molar-refractivity contribution < 1.29 is 14.6 Å². The number of benzene rings is 1. The molecule has 1 N–H and O–H groups in total. The molecule has 2 aliphatic rings. The van der Waals surface area contributed by atoms with Gasteiger partial charge in [0.1, 0.15) is 0 Å². The maximum atomic E-state index is 11.2. The summed E-state index contributed by atoms with van der Waals surface area (Å²) in [6.07, 6.45) is 3.29. The van der Waals surface area contributed by atoms with E-state index in [-0.39, 0.29) is 5.60 Å². The van der Waals surface area contributed by atoms with E-state index in [1.807, 2.05) is 48.6 Å². The minimum absolute atomic E-state index is 0.0842. The first kappa shape index (κ1) is 15.3. The van der Waals surface area contributed by atoms with Gasteiger partial charge in [-0.3, -0.25) is 0 Å². The van der Waals surface area contributed by atoms with Gasteiger partial charge >= 0.3 is 5.97 Å². The first-order valence-electron chi connectivity index (χ1n) is 7.30. The predicted molar refractivity (Wildman–Crippen MR) is 87.6 cm³/mol. The van der Waals surface area contributed by atoms with Crippen LogP contribution in [0.1, 0.15) is 35.2 Å². The minimum Gasteiger partial charge on any atom is -0.478 e. The van der Waals surface area contributed by atoms with Crippen LogP contribution in [0.3, 0.4) is 0 Å². The van der Waals surface area contributed by atoms with Crippen LogP contribution in [0.4, 0.5) is 0 Å². The van der Waals surface area contributed by atoms with Crippen molar-refractivity contribution in [2.75, 3.05) is 18.1 Å². The quantitative estimate of drug-likeness (QED) is 0.915. The van der Waals surface area contributed by atoms with Gasteiger partial charge in [-0.15, -0.1) is 11.8 Å². The SMILES string of the molecule is Cc1ccc(SC2CCOC3(CCSC3)C2)cc1C(=O)O. The zero-order valence-electron chi connectivity index (χ0n) is 12.1. The number of thioether (sulfide) groups is 2. The Labute approximate surface area is 133 Å². The van der Waals surface area contributed by atoms with E-state index in [0.717, 1.165) is 42.1 Å². The van der Waals surface area contributed by atoms with Gasteiger partial charge in [0.25, 0.3) is 0 Å². The van der Waals surface area contributed by atoms with Gasteiger partial charge in [0.15, 0.2) is 0 Å². The largest absolute Gasteiger partial charge is 0.478 e. The monoisotopic (exact) mass is 324 g/mol. The average Bonchev–Trinajstić information content (AvgIpc) is 2.88. The topological polar surface area (TPSA) is 46.5 Å². The van der Waals surface area contributed by atoms with E-state index >= 15 is 0 Å². The normalized spacial score (nSPS) is 28.9. The van der Waals surface area contributed by atoms with Crippen LogP contribution < -0.4 is 0 Å². The Kier molecular flexibility index (Phi) is 4.52. The summed E-state index contributed by atoms with van der Waals surface area (Å²) in [5.74, 6) is 1.47. The lowest BCUT2D eigenvalue weighted by molar-refractivity contribution is -0.0562. The molecule has 3 nitrogen and oxygen atoms in total. The lowest BCUT2D eigenvalue weighted by Crippen LogP contribution is -2.40. The molecule has 0 aliphatic carbocycles. The fourth-order valence-electron chi connectivity index (χ4n) is 3.04. The second-order valence-electron chi connectivity index (χ2n) is 5.85. The van der Waals surface area contributed by atoms with E-state index in [0.29, 0.717) is 10.8 Å². The van der Waals surface area contributed by atoms with E-state index in [4.69, 9.17) is 4.74 Å². The number of rotatable bonds is 3. The number of aryl methyl sites for hydroxylation is 1. The molecule has 1 aromatic carbocycles. The van der Waals surface area contributed by atoms with Crippen LogP contribution in [0.5, 0.6) is 0 Å². The Hall–Kier alpha value is -0.650. The van der Waals surface area contributed by atoms with Gasteiger partial charge in [-0.05, 0) is 49.6 Å². The zero-order valence-corrected chi connectivity index (χ0v) is 13.8. The molecular weight excluding hydrogens is 304 g/mol. The third kappa shape index (κ3) is 3.41. The first-order valence-corrected chi connectivity index (χ1v) is 9.34. The molecule has 2 saturated heterocycles. The van der Waals surface area contributed by atoms with E-state index < -0.39 is 5.97 Å².